The summed E-state index contributed by atoms with van der Waals surface area (Å²) < 4.78 is 0. The van der Waals surface area contributed by atoms with E-state index in [1.54, 1.807) is 0 Å². The van der Waals surface area contributed by atoms with Gasteiger partial charge in [0.2, 0.25) is 0 Å². The zero-order valence-electron chi connectivity index (χ0n) is 12.7. The van der Waals surface area contributed by atoms with Crippen LogP contribution in [0.3, 0.4) is 0 Å². The van der Waals surface area contributed by atoms with Crippen LogP contribution in [0.15, 0.2) is 0 Å². The number of hydrogen-bond acceptors (Lipinski definition) is 0. The van der Waals surface area contributed by atoms with Gasteiger partial charge in [-0.25, -0.2) is 12.8 Å². The number of rotatable bonds is 1. The molecule has 19 heavy (non-hydrogen) atoms. The Balaban J connectivity index is -0.00000000135. The van der Waals surface area contributed by atoms with Crippen LogP contribution < -0.4 is 0 Å². The molecule has 0 fully saturated rings. The summed E-state index contributed by atoms with van der Waals surface area (Å²) in [5, 5.41) is 0. The molecular weight excluding hydrogens is 997 g/mol. The van der Waals surface area contributed by atoms with E-state index in [0.717, 1.165) is 19.3 Å². The minimum atomic E-state index is 0. The van der Waals surface area contributed by atoms with Gasteiger partial charge in [-0.15, -0.1) is 0 Å². The molecule has 10 radical (unpaired) electrons. The van der Waals surface area contributed by atoms with Crippen LogP contribution in [-0.4, -0.2) is 0 Å². The van der Waals surface area contributed by atoms with Gasteiger partial charge in [-0.05, 0) is 0 Å². The molecule has 0 nitrogen and oxygen atoms in total. The Hall–Kier alpha value is 11.0. The van der Waals surface area contributed by atoms with Crippen molar-refractivity contribution in [3.63, 3.8) is 0 Å². The Morgan fingerprint density at radius 2 is 0.421 bits per heavy atom. The van der Waals surface area contributed by atoms with Crippen LogP contribution >= 0.6 is 0 Å². The molecule has 92 valence electrons. The maximum Gasteiger partial charge on any atom is 0 e. The van der Waals surface area contributed by atoms with E-state index in [0.29, 0.717) is 0 Å². The molecule has 0 heterocycles. The molecule has 0 atom stereocenters. The van der Waals surface area contributed by atoms with Crippen molar-refractivity contribution in [3.8, 4) is 0 Å². The maximum absolute atomic E-state index is 3.54. The SMILES string of the molecule is [CH2-]CC[CH2-].[CH2-]C[CH2-].[CH3-].[CH3-].[Y].[Y].[Y].[Y].[Y].[Y].[Y].[Y].[Y].[Y]. The van der Waals surface area contributed by atoms with Crippen molar-refractivity contribution in [2.24, 2.45) is 0 Å². The Morgan fingerprint density at radius 1 is 0.368 bits per heavy atom. The first kappa shape index (κ1) is 98.5. The van der Waals surface area contributed by atoms with Gasteiger partial charge >= 0.3 is 0 Å². The summed E-state index contributed by atoms with van der Waals surface area (Å²) >= 11 is 0. The number of unbranched alkanes of at least 4 members (excludes halogenated alkanes) is 1. The molecule has 0 saturated heterocycles. The van der Waals surface area contributed by atoms with Crippen LogP contribution in [0.1, 0.15) is 19.3 Å². The molecule has 0 aromatic carbocycles. The molecule has 0 aliphatic carbocycles. The monoisotopic (exact) mass is 1020 g/mol. The average molecular weight is 1020 g/mol. The van der Waals surface area contributed by atoms with Crippen molar-refractivity contribution in [2.45, 2.75) is 19.3 Å². The maximum atomic E-state index is 3.54. The van der Waals surface area contributed by atoms with E-state index in [-0.39, 0.29) is 342 Å². The normalized spacial score (nSPS) is 2.53. The molecule has 0 aromatic rings. The Labute approximate surface area is 377 Å². The van der Waals surface area contributed by atoms with Crippen LogP contribution in [0.25, 0.3) is 0 Å². The van der Waals surface area contributed by atoms with Gasteiger partial charge in [0.15, 0.2) is 0 Å². The summed E-state index contributed by atoms with van der Waals surface area (Å²) in [7, 11) is 0. The second kappa shape index (κ2) is 116. The fourth-order valence-corrected chi connectivity index (χ4v) is 0. The fourth-order valence-electron chi connectivity index (χ4n) is 0. The summed E-state index contributed by atoms with van der Waals surface area (Å²) in [6.45, 7) is 13.8. The van der Waals surface area contributed by atoms with Gasteiger partial charge < -0.3 is 49.0 Å². The van der Waals surface area contributed by atoms with Crippen molar-refractivity contribution in [1.82, 2.24) is 0 Å². The molecule has 0 saturated carbocycles. The average Bonchev–Trinajstić information content (AvgIpc) is 1.69. The van der Waals surface area contributed by atoms with Gasteiger partial charge in [-0.2, -0.15) is 0 Å². The predicted molar refractivity (Wildman–Crippen MR) is 48.1 cm³/mol. The third kappa shape index (κ3) is 146. The molecule has 0 N–H and O–H groups in total. The summed E-state index contributed by atoms with van der Waals surface area (Å²) in [5.41, 5.74) is 0. The third-order valence-corrected chi connectivity index (χ3v) is 0.250. The van der Waals surface area contributed by atoms with E-state index >= 15 is 0 Å². The standard InChI is InChI=1S/C4H8.C3H6.2CH3.10Y/c1-3-4-2;1-3-2;;;;;;;;;;;;/h1-4H2;1-3H2;2*1H3;;;;;;;;;;/q2*-2;2*-1;;;;;;;;;;. The largest absolute Gasteiger partial charge is 0.372 e. The van der Waals surface area contributed by atoms with E-state index in [1.165, 1.54) is 0 Å². The first-order valence-electron chi connectivity index (χ1n) is 2.50. The van der Waals surface area contributed by atoms with Crippen molar-refractivity contribution < 1.29 is 327 Å². The molecule has 0 unspecified atom stereocenters. The van der Waals surface area contributed by atoms with E-state index in [9.17, 15) is 0 Å². The molecule has 0 aromatic heterocycles. The van der Waals surface area contributed by atoms with Crippen molar-refractivity contribution in [2.75, 3.05) is 0 Å². The Morgan fingerprint density at radius 3 is 0.421 bits per heavy atom. The van der Waals surface area contributed by atoms with Crippen LogP contribution in [0, 0.1) is 42.5 Å². The molecular formula is C9H20Y10-6. The van der Waals surface area contributed by atoms with Crippen LogP contribution in [-0.2, 0) is 327 Å². The van der Waals surface area contributed by atoms with Crippen LogP contribution in [0.5, 0.6) is 0 Å². The second-order valence-corrected chi connectivity index (χ2v) is 1.06. The van der Waals surface area contributed by atoms with E-state index in [2.05, 4.69) is 27.7 Å². The Bertz CT molecular complexity index is 26.5. The van der Waals surface area contributed by atoms with Crippen molar-refractivity contribution in [1.29, 1.82) is 0 Å². The van der Waals surface area contributed by atoms with Gasteiger partial charge in [0, 0.05) is 327 Å². The van der Waals surface area contributed by atoms with Crippen LogP contribution in [0.2, 0.25) is 0 Å². The van der Waals surface area contributed by atoms with Gasteiger partial charge in [-0.3, -0.25) is 0 Å². The molecule has 0 rings (SSSR count). The van der Waals surface area contributed by atoms with Gasteiger partial charge in [-0.1, -0.05) is 0 Å². The summed E-state index contributed by atoms with van der Waals surface area (Å²) in [4.78, 5) is 0. The molecule has 0 aliphatic rings. The molecule has 0 spiro atoms. The Kier molecular flexibility index (Phi) is 600. The molecule has 0 aliphatic heterocycles. The topological polar surface area (TPSA) is 0 Å². The third-order valence-electron chi connectivity index (χ3n) is 0.250. The number of hydrogen-bond donors (Lipinski definition) is 0. The smallest absolute Gasteiger partial charge is 0 e. The summed E-state index contributed by atoms with van der Waals surface area (Å²) in [5.74, 6) is 0. The van der Waals surface area contributed by atoms with Gasteiger partial charge in [0.1, 0.15) is 0 Å². The fraction of sp³-hybridized carbons (Fsp3) is 0.333. The molecule has 0 bridgehead atoms. The minimum Gasteiger partial charge on any atom is -0.372 e. The summed E-state index contributed by atoms with van der Waals surface area (Å²) in [6, 6.07) is 0. The minimum absolute atomic E-state index is 0. The van der Waals surface area contributed by atoms with Gasteiger partial charge in [0.25, 0.3) is 0 Å². The van der Waals surface area contributed by atoms with Crippen molar-refractivity contribution >= 4 is 0 Å². The van der Waals surface area contributed by atoms with E-state index in [1.807, 2.05) is 0 Å². The van der Waals surface area contributed by atoms with Crippen molar-refractivity contribution in [3.05, 3.63) is 42.5 Å². The molecule has 10 heteroatoms. The quantitative estimate of drug-likeness (QED) is 0.355. The first-order chi connectivity index (χ1) is 3.33. The first-order valence-corrected chi connectivity index (χ1v) is 2.50. The summed E-state index contributed by atoms with van der Waals surface area (Å²) in [6.07, 6.45) is 2.67. The predicted octanol–water partition coefficient (Wildman–Crippen LogP) is 3.36. The second-order valence-electron chi connectivity index (χ2n) is 1.06. The molecule has 0 amide bonds. The van der Waals surface area contributed by atoms with E-state index < -0.39 is 0 Å². The zero-order chi connectivity index (χ0) is 6.12. The zero-order valence-corrected chi connectivity index (χ0v) is 41.1. The van der Waals surface area contributed by atoms with E-state index in [4.69, 9.17) is 0 Å². The van der Waals surface area contributed by atoms with Crippen LogP contribution in [0.4, 0.5) is 0 Å². The van der Waals surface area contributed by atoms with Gasteiger partial charge in [0.05, 0.1) is 0 Å².